The summed E-state index contributed by atoms with van der Waals surface area (Å²) in [5.41, 5.74) is 2.37. The fourth-order valence-corrected chi connectivity index (χ4v) is 4.44. The Bertz CT molecular complexity index is 1190. The Morgan fingerprint density at radius 3 is 2.97 bits per heavy atom. The minimum absolute atomic E-state index is 0.0541. The monoisotopic (exact) mass is 404 g/mol. The summed E-state index contributed by atoms with van der Waals surface area (Å²) in [5, 5.41) is 15.8. The minimum Gasteiger partial charge on any atom is -0.349 e. The smallest absolute Gasteiger partial charge is 0.252 e. The Labute approximate surface area is 171 Å². The minimum atomic E-state index is -0.0541. The third kappa shape index (κ3) is 3.40. The van der Waals surface area contributed by atoms with Crippen molar-refractivity contribution >= 4 is 28.1 Å². The molecule has 0 saturated carbocycles. The lowest BCUT2D eigenvalue weighted by Crippen LogP contribution is -2.35. The maximum atomic E-state index is 13.0. The van der Waals surface area contributed by atoms with E-state index in [0.717, 1.165) is 59.1 Å². The summed E-state index contributed by atoms with van der Waals surface area (Å²) < 4.78 is 2.14. The Morgan fingerprint density at radius 1 is 1.21 bits per heavy atom. The fraction of sp³-hybridized carbons (Fsp3) is 0.286. The van der Waals surface area contributed by atoms with E-state index in [9.17, 15) is 4.79 Å². The molecule has 1 aromatic carbocycles. The molecule has 1 amide bonds. The van der Waals surface area contributed by atoms with E-state index in [-0.39, 0.29) is 11.9 Å². The summed E-state index contributed by atoms with van der Waals surface area (Å²) in [6, 6.07) is 9.59. The summed E-state index contributed by atoms with van der Waals surface area (Å²) in [7, 11) is 0. The molecule has 1 aliphatic rings. The normalized spacial score (nSPS) is 16.4. The first-order valence-electron chi connectivity index (χ1n) is 9.68. The van der Waals surface area contributed by atoms with E-state index in [1.807, 2.05) is 36.6 Å². The van der Waals surface area contributed by atoms with Crippen molar-refractivity contribution in [2.75, 3.05) is 0 Å². The number of benzene rings is 1. The topological polar surface area (TPSA) is 85.6 Å². The zero-order valence-corrected chi connectivity index (χ0v) is 16.8. The Morgan fingerprint density at radius 2 is 2.10 bits per heavy atom. The highest BCUT2D eigenvalue weighted by Gasteiger charge is 2.23. The summed E-state index contributed by atoms with van der Waals surface area (Å²) in [5.74, 6) is 1.72. The zero-order valence-electron chi connectivity index (χ0n) is 16.0. The average Bonchev–Trinajstić information content (AvgIpc) is 3.29. The van der Waals surface area contributed by atoms with Gasteiger partial charge in [0.15, 0.2) is 5.82 Å². The van der Waals surface area contributed by atoms with Crippen molar-refractivity contribution in [2.45, 2.75) is 38.8 Å². The van der Waals surface area contributed by atoms with Gasteiger partial charge in [-0.25, -0.2) is 4.98 Å². The van der Waals surface area contributed by atoms with Crippen molar-refractivity contribution in [1.82, 2.24) is 30.0 Å². The van der Waals surface area contributed by atoms with Crippen molar-refractivity contribution < 1.29 is 4.79 Å². The zero-order chi connectivity index (χ0) is 19.8. The van der Waals surface area contributed by atoms with Gasteiger partial charge in [-0.3, -0.25) is 9.78 Å². The lowest BCUT2D eigenvalue weighted by molar-refractivity contribution is 0.0934. The van der Waals surface area contributed by atoms with Crippen LogP contribution in [-0.2, 0) is 13.0 Å². The van der Waals surface area contributed by atoms with Crippen LogP contribution in [0.2, 0.25) is 0 Å². The van der Waals surface area contributed by atoms with E-state index >= 15 is 0 Å². The van der Waals surface area contributed by atoms with Crippen LogP contribution in [0.4, 0.5) is 0 Å². The van der Waals surface area contributed by atoms with Crippen LogP contribution in [0, 0.1) is 6.92 Å². The van der Waals surface area contributed by atoms with Gasteiger partial charge in [0.2, 0.25) is 0 Å². The maximum Gasteiger partial charge on any atom is 0.252 e. The summed E-state index contributed by atoms with van der Waals surface area (Å²) in [4.78, 5) is 21.8. The van der Waals surface area contributed by atoms with E-state index < -0.39 is 0 Å². The number of aryl methyl sites for hydroxylation is 2. The summed E-state index contributed by atoms with van der Waals surface area (Å²) in [6.07, 6.45) is 4.13. The van der Waals surface area contributed by atoms with E-state index in [1.165, 1.54) is 0 Å². The maximum absolute atomic E-state index is 13.0. The number of para-hydroxylation sites is 1. The number of pyridine rings is 1. The molecular formula is C21H20N6OS. The molecule has 29 heavy (non-hydrogen) atoms. The SMILES string of the molecule is Cc1nc(-c2nnc3n2CCC(NC(=O)c2ccnc4ccccc24)CC3)cs1. The van der Waals surface area contributed by atoms with Crippen molar-refractivity contribution in [1.29, 1.82) is 0 Å². The number of hydrogen-bond acceptors (Lipinski definition) is 6. The van der Waals surface area contributed by atoms with Gasteiger partial charge in [-0.05, 0) is 31.9 Å². The molecule has 7 nitrogen and oxygen atoms in total. The molecule has 4 aromatic rings. The molecule has 0 radical (unpaired) electrons. The van der Waals surface area contributed by atoms with Crippen LogP contribution in [0.5, 0.6) is 0 Å². The third-order valence-corrected chi connectivity index (χ3v) is 6.10. The molecule has 4 heterocycles. The number of aromatic nitrogens is 5. The molecule has 146 valence electrons. The van der Waals surface area contributed by atoms with Gasteiger partial charge in [0, 0.05) is 36.0 Å². The van der Waals surface area contributed by atoms with Crippen LogP contribution in [-0.4, -0.2) is 36.7 Å². The van der Waals surface area contributed by atoms with Crippen LogP contribution >= 0.6 is 11.3 Å². The molecule has 0 bridgehead atoms. The number of thiazole rings is 1. The molecule has 1 atom stereocenters. The van der Waals surface area contributed by atoms with Crippen molar-refractivity contribution in [3.8, 4) is 11.5 Å². The number of hydrogen-bond donors (Lipinski definition) is 1. The molecule has 1 aliphatic heterocycles. The van der Waals surface area contributed by atoms with Crippen LogP contribution in [0.1, 0.15) is 34.0 Å². The molecule has 8 heteroatoms. The fourth-order valence-electron chi connectivity index (χ4n) is 3.84. The molecule has 5 rings (SSSR count). The van der Waals surface area contributed by atoms with E-state index in [1.54, 1.807) is 23.6 Å². The van der Waals surface area contributed by atoms with Crippen LogP contribution in [0.15, 0.2) is 41.9 Å². The van der Waals surface area contributed by atoms with Gasteiger partial charge in [-0.2, -0.15) is 0 Å². The standard InChI is InChI=1S/C21H20N6OS/c1-13-23-18(12-29-13)20-26-25-19-7-6-14(9-11-27(19)20)24-21(28)16-8-10-22-17-5-3-2-4-15(16)17/h2-5,8,10,12,14H,6-7,9,11H2,1H3,(H,24,28). The van der Waals surface area contributed by atoms with Crippen LogP contribution < -0.4 is 5.32 Å². The Balaban J connectivity index is 1.34. The van der Waals surface area contributed by atoms with Gasteiger partial charge in [0.05, 0.1) is 16.1 Å². The number of nitrogens with one attached hydrogen (secondary N) is 1. The first-order valence-corrected chi connectivity index (χ1v) is 10.6. The number of fused-ring (bicyclic) bond motifs is 2. The Hall–Kier alpha value is -3.13. The molecule has 0 aliphatic carbocycles. The van der Waals surface area contributed by atoms with E-state index in [0.29, 0.717) is 5.56 Å². The number of rotatable bonds is 3. The molecular weight excluding hydrogens is 384 g/mol. The third-order valence-electron chi connectivity index (χ3n) is 5.32. The molecule has 1 unspecified atom stereocenters. The van der Waals surface area contributed by atoms with Gasteiger partial charge in [-0.15, -0.1) is 21.5 Å². The van der Waals surface area contributed by atoms with Crippen molar-refractivity contribution in [2.24, 2.45) is 0 Å². The number of carbonyl (C=O) groups is 1. The summed E-state index contributed by atoms with van der Waals surface area (Å²) in [6.45, 7) is 2.75. The highest BCUT2D eigenvalue weighted by Crippen LogP contribution is 2.24. The lowest BCUT2D eigenvalue weighted by atomic mass is 10.1. The van der Waals surface area contributed by atoms with Gasteiger partial charge >= 0.3 is 0 Å². The highest BCUT2D eigenvalue weighted by atomic mass is 32.1. The molecule has 1 N–H and O–H groups in total. The van der Waals surface area contributed by atoms with Gasteiger partial charge < -0.3 is 9.88 Å². The molecule has 0 fully saturated rings. The van der Waals surface area contributed by atoms with Gasteiger partial charge in [0.1, 0.15) is 11.5 Å². The van der Waals surface area contributed by atoms with Gasteiger partial charge in [-0.1, -0.05) is 18.2 Å². The predicted molar refractivity (Wildman–Crippen MR) is 112 cm³/mol. The first kappa shape index (κ1) is 17.9. The largest absolute Gasteiger partial charge is 0.349 e. The second-order valence-electron chi connectivity index (χ2n) is 7.22. The van der Waals surface area contributed by atoms with Crippen molar-refractivity contribution in [3.63, 3.8) is 0 Å². The number of amides is 1. The predicted octanol–water partition coefficient (Wildman–Crippen LogP) is 3.39. The lowest BCUT2D eigenvalue weighted by Gasteiger charge is -2.17. The van der Waals surface area contributed by atoms with Crippen LogP contribution in [0.3, 0.4) is 0 Å². The second kappa shape index (κ2) is 7.36. The highest BCUT2D eigenvalue weighted by molar-refractivity contribution is 7.09. The molecule has 3 aromatic heterocycles. The molecule has 0 saturated heterocycles. The number of nitrogens with zero attached hydrogens (tertiary/aromatic N) is 5. The van der Waals surface area contributed by atoms with Crippen LogP contribution in [0.25, 0.3) is 22.4 Å². The second-order valence-corrected chi connectivity index (χ2v) is 8.28. The average molecular weight is 404 g/mol. The van der Waals surface area contributed by atoms with E-state index in [2.05, 4.69) is 30.0 Å². The quantitative estimate of drug-likeness (QED) is 0.566. The van der Waals surface area contributed by atoms with Crippen molar-refractivity contribution in [3.05, 3.63) is 58.3 Å². The number of carbonyl (C=O) groups excluding carboxylic acids is 1. The Kier molecular flexibility index (Phi) is 4.55. The summed E-state index contributed by atoms with van der Waals surface area (Å²) >= 11 is 1.61. The van der Waals surface area contributed by atoms with Gasteiger partial charge in [0.25, 0.3) is 5.91 Å². The molecule has 0 spiro atoms. The first-order chi connectivity index (χ1) is 14.2. The van der Waals surface area contributed by atoms with E-state index in [4.69, 9.17) is 0 Å².